The summed E-state index contributed by atoms with van der Waals surface area (Å²) in [6, 6.07) is 0. The quantitative estimate of drug-likeness (QED) is 0.0669. The number of hydrogen-bond acceptors (Lipinski definition) is 9. The fraction of sp³-hybridized carbons (Fsp3) is 0.946. The van der Waals surface area contributed by atoms with E-state index in [4.69, 9.17) is 28.4 Å². The van der Waals surface area contributed by atoms with Gasteiger partial charge in [-0.25, -0.2) is 0 Å². The fourth-order valence-corrected chi connectivity index (χ4v) is 24.9. The topological polar surface area (TPSA) is 107 Å². The zero-order valence-electron chi connectivity index (χ0n) is 71.1. The second-order valence-electron chi connectivity index (χ2n) is 39.1. The van der Waals surface area contributed by atoms with Crippen LogP contribution in [0.25, 0.3) is 0 Å². The van der Waals surface area contributed by atoms with Crippen molar-refractivity contribution in [3.05, 3.63) is 11.8 Å². The summed E-state index contributed by atoms with van der Waals surface area (Å²) in [4.78, 5) is 34.9. The van der Waals surface area contributed by atoms with Crippen LogP contribution in [0, 0.1) is 133 Å². The van der Waals surface area contributed by atoms with Crippen LogP contribution in [0.2, 0.25) is 0 Å². The molecule has 0 radical (unpaired) electrons. The first-order chi connectivity index (χ1) is 48.4. The lowest BCUT2D eigenvalue weighted by atomic mass is 9.60. The minimum absolute atomic E-state index is 0.0255. The van der Waals surface area contributed by atoms with Crippen molar-refractivity contribution in [1.82, 2.24) is 0 Å². The van der Waals surface area contributed by atoms with Gasteiger partial charge in [0.1, 0.15) is 18.0 Å². The molecule has 9 heteroatoms. The van der Waals surface area contributed by atoms with Gasteiger partial charge in [0.05, 0.1) is 30.1 Å². The first-order valence-electron chi connectivity index (χ1n) is 44.6. The van der Waals surface area contributed by atoms with Gasteiger partial charge < -0.3 is 28.4 Å². The summed E-state index contributed by atoms with van der Waals surface area (Å²) in [7, 11) is 0. The largest absolute Gasteiger partial charge is 0.462 e. The highest BCUT2D eigenvalue weighted by molar-refractivity contribution is 5.77. The minimum Gasteiger partial charge on any atom is -0.462 e. The van der Waals surface area contributed by atoms with Gasteiger partial charge in [0, 0.05) is 38.1 Å². The molecule has 23 atom stereocenters. The van der Waals surface area contributed by atoms with Gasteiger partial charge >= 0.3 is 17.9 Å². The third-order valence-corrected chi connectivity index (χ3v) is 32.5. The molecule has 592 valence electrons. The van der Waals surface area contributed by atoms with Crippen molar-refractivity contribution in [1.29, 1.82) is 0 Å². The summed E-state index contributed by atoms with van der Waals surface area (Å²) in [6.45, 7) is 56.6. The molecule has 102 heavy (non-hydrogen) atoms. The third-order valence-electron chi connectivity index (χ3n) is 32.5. The van der Waals surface area contributed by atoms with E-state index in [1.807, 2.05) is 13.8 Å². The van der Waals surface area contributed by atoms with E-state index in [1.165, 1.54) is 193 Å². The lowest BCUT2D eigenvalue weighted by molar-refractivity contribution is -0.172. The lowest BCUT2D eigenvalue weighted by Crippen LogP contribution is -2.47. The predicted octanol–water partition coefficient (Wildman–Crippen LogP) is 25.6. The number of carbonyl (C=O) groups excluding carboxylic acids is 3. The molecule has 9 nitrogen and oxygen atoms in total. The van der Waals surface area contributed by atoms with Gasteiger partial charge in [0.25, 0.3) is 0 Å². The van der Waals surface area contributed by atoms with Crippen molar-refractivity contribution in [2.45, 2.75) is 408 Å². The number of hydrogen-bond donors (Lipinski definition) is 0. The van der Waals surface area contributed by atoms with Crippen LogP contribution in [0.3, 0.4) is 0 Å². The van der Waals surface area contributed by atoms with Crippen LogP contribution >= 0.6 is 0 Å². The molecule has 12 aliphatic rings. The Morgan fingerprint density at radius 3 is 1.25 bits per heavy atom. The highest BCUT2D eigenvalue weighted by Crippen LogP contribution is 2.57. The van der Waals surface area contributed by atoms with E-state index in [1.54, 1.807) is 0 Å². The molecule has 6 aliphatic heterocycles. The van der Waals surface area contributed by atoms with Gasteiger partial charge in [-0.1, -0.05) is 249 Å². The summed E-state index contributed by atoms with van der Waals surface area (Å²) in [5, 5.41) is 0. The molecule has 0 aromatic carbocycles. The average Bonchev–Trinajstić information content (AvgIpc) is 1.23. The molecular formula is C93H166O9. The maximum Gasteiger partial charge on any atom is 0.314 e. The number of rotatable bonds is 20. The first kappa shape index (κ1) is 87.3. The van der Waals surface area contributed by atoms with Gasteiger partial charge in [0.2, 0.25) is 0 Å². The van der Waals surface area contributed by atoms with Gasteiger partial charge in [0.15, 0.2) is 0 Å². The number of carbonyl (C=O) groups is 3. The van der Waals surface area contributed by atoms with Crippen LogP contribution in [-0.2, 0) is 42.8 Å². The normalized spacial score (nSPS) is 41.0. The zero-order chi connectivity index (χ0) is 75.1. The van der Waals surface area contributed by atoms with Crippen LogP contribution in [0.4, 0.5) is 0 Å². The maximum atomic E-state index is 11.6. The molecule has 11 fully saturated rings. The molecule has 0 aromatic heterocycles. The van der Waals surface area contributed by atoms with Gasteiger partial charge in [-0.15, -0.1) is 0 Å². The summed E-state index contributed by atoms with van der Waals surface area (Å²) >= 11 is 0. The van der Waals surface area contributed by atoms with Crippen LogP contribution < -0.4 is 0 Å². The van der Waals surface area contributed by atoms with E-state index in [-0.39, 0.29) is 47.4 Å². The van der Waals surface area contributed by atoms with Crippen LogP contribution in [0.1, 0.15) is 378 Å². The third kappa shape index (κ3) is 21.1. The Labute approximate surface area is 630 Å². The zero-order valence-corrected chi connectivity index (χ0v) is 71.1. The summed E-state index contributed by atoms with van der Waals surface area (Å²) < 4.78 is 34.7. The Balaban J connectivity index is 0.000000172. The van der Waals surface area contributed by atoms with Crippen molar-refractivity contribution in [3.63, 3.8) is 0 Å². The second-order valence-corrected chi connectivity index (χ2v) is 39.1. The van der Waals surface area contributed by atoms with Crippen LogP contribution in [0.15, 0.2) is 11.8 Å². The second kappa shape index (κ2) is 39.1. The van der Waals surface area contributed by atoms with E-state index >= 15 is 0 Å². The number of fused-ring (bicyclic) bond motifs is 6. The van der Waals surface area contributed by atoms with Crippen LogP contribution in [-0.4, -0.2) is 68.2 Å². The number of ether oxygens (including phenoxy) is 6. The molecule has 0 amide bonds. The average molecular weight is 1430 g/mol. The fourth-order valence-electron chi connectivity index (χ4n) is 24.9. The van der Waals surface area contributed by atoms with Gasteiger partial charge in [-0.05, 0) is 237 Å². The lowest BCUT2D eigenvalue weighted by Gasteiger charge is -2.50. The molecule has 6 saturated heterocycles. The number of allylic oxidation sites excluding steroid dienone is 2. The molecule has 22 unspecified atom stereocenters. The molecule has 0 aromatic rings. The van der Waals surface area contributed by atoms with E-state index in [0.717, 1.165) is 104 Å². The number of unbranched alkanes of at least 4 members (excludes halogenated alkanes) is 3. The molecule has 6 heterocycles. The minimum atomic E-state index is -0.0324. The van der Waals surface area contributed by atoms with Gasteiger partial charge in [-0.3, -0.25) is 14.4 Å². The van der Waals surface area contributed by atoms with Gasteiger partial charge in [-0.2, -0.15) is 0 Å². The van der Waals surface area contributed by atoms with Crippen molar-refractivity contribution in [2.24, 2.45) is 133 Å². The monoisotopic (exact) mass is 1430 g/mol. The molecule has 12 rings (SSSR count). The molecule has 5 saturated carbocycles. The van der Waals surface area contributed by atoms with E-state index < -0.39 is 0 Å². The van der Waals surface area contributed by atoms with E-state index in [0.29, 0.717) is 81.4 Å². The molecule has 0 bridgehead atoms. The summed E-state index contributed by atoms with van der Waals surface area (Å²) in [6.07, 6.45) is 47.8. The SMILES string of the molecule is CCC(CC)C1(C)C=C2OC(=O)C(C)C2CC1.CCC(CC)C1(C)CCC2C(C)CC(=O)OC2C1.CCC(CC)C1(C)CCC2C(C)CCOC2C1.CCC(CC)C1(C)CCC2C(C)COC2C1.CCC(CC)C1(C)CC[C@H]2C(C)COC2C1.CCCCCCC1(C)CCC2C(C1)OC(=O)C2C. The highest BCUT2D eigenvalue weighted by atomic mass is 16.6. The Kier molecular flexibility index (Phi) is 33.4. The van der Waals surface area contributed by atoms with E-state index in [9.17, 15) is 14.4 Å². The molecular weight excluding hydrogens is 1260 g/mol. The Morgan fingerprint density at radius 2 is 0.804 bits per heavy atom. The highest BCUT2D eigenvalue weighted by Gasteiger charge is 2.52. The predicted molar refractivity (Wildman–Crippen MR) is 425 cm³/mol. The Hall–Kier alpha value is -1.97. The van der Waals surface area contributed by atoms with Crippen molar-refractivity contribution in [3.8, 4) is 0 Å². The molecule has 0 N–H and O–H groups in total. The standard InChI is InChI=1S/2C16H28O2.C16H30O.C15H24O2.2C15H28O/c1-5-12(6-2)16(4)8-7-13-11(3)9-15(17)18-14(13)10-16;1-4-5-6-7-9-16(3)10-8-13-12(2)15(17)18-14(13)11-16;1-5-13(6-2)16(4)9-7-14-12(3)8-10-17-15(14)11-16;1-5-11(6-2)15(4)8-7-12-10(3)14(16)17-13(12)9-15;2*1-5-12(6-2)15(4)8-7-13-11(3)10-16-14(13)9-15/h11-14H,5-10H2,1-4H3;12-14H,4-11H2,1-3H3;12-15H,5-11H2,1-4H3;9-12H,5-8H2,1-4H3;2*11-14H,5-10H2,1-4H3/t;;;;11?,13-,14?,15?;/m....0./s1. The van der Waals surface area contributed by atoms with Crippen molar-refractivity contribution < 1.29 is 42.8 Å². The summed E-state index contributed by atoms with van der Waals surface area (Å²) in [5.41, 5.74) is 2.66. The maximum absolute atomic E-state index is 11.6. The molecule has 6 aliphatic carbocycles. The number of esters is 3. The Morgan fingerprint density at radius 1 is 0.392 bits per heavy atom. The Bertz CT molecular complexity index is 2490. The van der Waals surface area contributed by atoms with E-state index in [2.05, 4.69) is 151 Å². The molecule has 0 spiro atoms. The van der Waals surface area contributed by atoms with Crippen LogP contribution in [0.5, 0.6) is 0 Å². The smallest absolute Gasteiger partial charge is 0.314 e. The summed E-state index contributed by atoms with van der Waals surface area (Å²) in [5.74, 6) is 12.4. The first-order valence-corrected chi connectivity index (χ1v) is 44.6. The van der Waals surface area contributed by atoms with Crippen molar-refractivity contribution >= 4 is 17.9 Å². The van der Waals surface area contributed by atoms with Crippen molar-refractivity contribution in [2.75, 3.05) is 19.8 Å².